The number of para-hydroxylation sites is 1. The number of ether oxygens (including phenoxy) is 2. The SMILES string of the molecule is CC(C)Oc1ccc(CCCNC(=O)c2ccccc2OCc2ccccc2)cc1. The number of rotatable bonds is 10. The van der Waals surface area contributed by atoms with Crippen LogP contribution in [0.4, 0.5) is 0 Å². The highest BCUT2D eigenvalue weighted by Gasteiger charge is 2.11. The fourth-order valence-electron chi connectivity index (χ4n) is 3.11. The Balaban J connectivity index is 1.47. The van der Waals surface area contributed by atoms with Gasteiger partial charge in [-0.1, -0.05) is 54.6 Å². The van der Waals surface area contributed by atoms with Crippen molar-refractivity contribution in [2.24, 2.45) is 0 Å². The highest BCUT2D eigenvalue weighted by atomic mass is 16.5. The first kappa shape index (κ1) is 21.4. The van der Waals surface area contributed by atoms with E-state index in [1.807, 2.05) is 74.5 Å². The predicted octanol–water partition coefficient (Wildman–Crippen LogP) is 5.42. The van der Waals surface area contributed by atoms with Crippen LogP contribution in [0.15, 0.2) is 78.9 Å². The topological polar surface area (TPSA) is 47.6 Å². The Morgan fingerprint density at radius 2 is 1.57 bits per heavy atom. The van der Waals surface area contributed by atoms with Crippen molar-refractivity contribution in [3.63, 3.8) is 0 Å². The first-order chi connectivity index (χ1) is 14.6. The molecule has 0 saturated carbocycles. The van der Waals surface area contributed by atoms with Crippen LogP contribution in [-0.4, -0.2) is 18.6 Å². The molecule has 3 aromatic rings. The molecule has 0 unspecified atom stereocenters. The van der Waals surface area contributed by atoms with Crippen LogP contribution in [0.25, 0.3) is 0 Å². The molecule has 0 spiro atoms. The molecule has 0 atom stereocenters. The standard InChI is InChI=1S/C26H29NO3/c1-20(2)30-23-16-14-21(15-17-23)11-8-18-27-26(28)24-12-6-7-13-25(24)29-19-22-9-4-3-5-10-22/h3-7,9-10,12-17,20H,8,11,18-19H2,1-2H3,(H,27,28). The largest absolute Gasteiger partial charge is 0.491 e. The molecule has 0 saturated heterocycles. The van der Waals surface area contributed by atoms with Gasteiger partial charge in [0.1, 0.15) is 18.1 Å². The normalized spacial score (nSPS) is 10.6. The zero-order chi connectivity index (χ0) is 21.2. The van der Waals surface area contributed by atoms with Crippen LogP contribution in [0, 0.1) is 0 Å². The molecule has 1 N–H and O–H groups in total. The Morgan fingerprint density at radius 1 is 0.867 bits per heavy atom. The number of carbonyl (C=O) groups excluding carboxylic acids is 1. The third-order valence-corrected chi connectivity index (χ3v) is 4.59. The molecule has 0 heterocycles. The number of hydrogen-bond donors (Lipinski definition) is 1. The molecule has 0 aliphatic carbocycles. The van der Waals surface area contributed by atoms with Crippen LogP contribution in [0.3, 0.4) is 0 Å². The molecule has 156 valence electrons. The summed E-state index contributed by atoms with van der Waals surface area (Å²) < 4.78 is 11.6. The minimum Gasteiger partial charge on any atom is -0.491 e. The van der Waals surface area contributed by atoms with E-state index in [0.717, 1.165) is 24.2 Å². The molecule has 3 rings (SSSR count). The molecule has 0 radical (unpaired) electrons. The first-order valence-electron chi connectivity index (χ1n) is 10.4. The molecule has 0 aliphatic heterocycles. The Labute approximate surface area is 178 Å². The second-order valence-corrected chi connectivity index (χ2v) is 7.44. The highest BCUT2D eigenvalue weighted by molar-refractivity contribution is 5.96. The highest BCUT2D eigenvalue weighted by Crippen LogP contribution is 2.19. The number of amides is 1. The second kappa shape index (κ2) is 11.1. The van der Waals surface area contributed by atoms with E-state index in [0.29, 0.717) is 24.5 Å². The summed E-state index contributed by atoms with van der Waals surface area (Å²) in [6, 6.07) is 25.4. The van der Waals surface area contributed by atoms with Crippen molar-refractivity contribution in [3.8, 4) is 11.5 Å². The minimum absolute atomic E-state index is 0.112. The Kier molecular flexibility index (Phi) is 7.90. The lowest BCUT2D eigenvalue weighted by Crippen LogP contribution is -2.25. The zero-order valence-electron chi connectivity index (χ0n) is 17.6. The van der Waals surface area contributed by atoms with E-state index in [2.05, 4.69) is 17.4 Å². The molecule has 0 aliphatic rings. The third-order valence-electron chi connectivity index (χ3n) is 4.59. The monoisotopic (exact) mass is 403 g/mol. The fourth-order valence-corrected chi connectivity index (χ4v) is 3.11. The summed E-state index contributed by atoms with van der Waals surface area (Å²) in [7, 11) is 0. The van der Waals surface area contributed by atoms with E-state index in [9.17, 15) is 4.79 Å². The predicted molar refractivity (Wildman–Crippen MR) is 120 cm³/mol. The number of nitrogens with one attached hydrogen (secondary N) is 1. The molecule has 4 nitrogen and oxygen atoms in total. The summed E-state index contributed by atoms with van der Waals surface area (Å²) in [5.41, 5.74) is 2.85. The lowest BCUT2D eigenvalue weighted by molar-refractivity contribution is 0.0948. The summed E-state index contributed by atoms with van der Waals surface area (Å²) >= 11 is 0. The molecule has 0 bridgehead atoms. The van der Waals surface area contributed by atoms with E-state index < -0.39 is 0 Å². The van der Waals surface area contributed by atoms with Crippen LogP contribution in [0.5, 0.6) is 11.5 Å². The van der Waals surface area contributed by atoms with E-state index in [1.165, 1.54) is 5.56 Å². The van der Waals surface area contributed by atoms with Crippen LogP contribution < -0.4 is 14.8 Å². The maximum absolute atomic E-state index is 12.6. The van der Waals surface area contributed by atoms with Crippen molar-refractivity contribution in [2.45, 2.75) is 39.4 Å². The Hall–Kier alpha value is -3.27. The van der Waals surface area contributed by atoms with Gasteiger partial charge in [-0.2, -0.15) is 0 Å². The van der Waals surface area contributed by atoms with Gasteiger partial charge in [-0.25, -0.2) is 0 Å². The molecule has 3 aromatic carbocycles. The van der Waals surface area contributed by atoms with Gasteiger partial charge in [-0.3, -0.25) is 4.79 Å². The van der Waals surface area contributed by atoms with Crippen molar-refractivity contribution in [2.75, 3.05) is 6.54 Å². The fraction of sp³-hybridized carbons (Fsp3) is 0.269. The van der Waals surface area contributed by atoms with Gasteiger partial charge in [-0.05, 0) is 62.1 Å². The molecule has 0 fully saturated rings. The van der Waals surface area contributed by atoms with Crippen molar-refractivity contribution in [3.05, 3.63) is 95.6 Å². The lowest BCUT2D eigenvalue weighted by atomic mass is 10.1. The van der Waals surface area contributed by atoms with Gasteiger partial charge in [0.05, 0.1) is 11.7 Å². The molecular weight excluding hydrogens is 374 g/mol. The van der Waals surface area contributed by atoms with Gasteiger partial charge < -0.3 is 14.8 Å². The van der Waals surface area contributed by atoms with E-state index >= 15 is 0 Å². The number of aryl methyl sites for hydroxylation is 1. The van der Waals surface area contributed by atoms with Gasteiger partial charge >= 0.3 is 0 Å². The quantitative estimate of drug-likeness (QED) is 0.460. The second-order valence-electron chi connectivity index (χ2n) is 7.44. The van der Waals surface area contributed by atoms with Crippen molar-refractivity contribution in [1.29, 1.82) is 0 Å². The number of hydrogen-bond acceptors (Lipinski definition) is 3. The van der Waals surface area contributed by atoms with Crippen molar-refractivity contribution in [1.82, 2.24) is 5.32 Å². The maximum Gasteiger partial charge on any atom is 0.255 e. The summed E-state index contributed by atoms with van der Waals surface area (Å²) in [5, 5.41) is 3.00. The van der Waals surface area contributed by atoms with Crippen molar-refractivity contribution >= 4 is 5.91 Å². The Bertz CT molecular complexity index is 921. The first-order valence-corrected chi connectivity index (χ1v) is 10.4. The van der Waals surface area contributed by atoms with E-state index in [-0.39, 0.29) is 12.0 Å². The van der Waals surface area contributed by atoms with E-state index in [1.54, 1.807) is 6.07 Å². The van der Waals surface area contributed by atoms with Crippen LogP contribution in [0.2, 0.25) is 0 Å². The summed E-state index contributed by atoms with van der Waals surface area (Å²) in [5.74, 6) is 1.37. The molecular formula is C26H29NO3. The van der Waals surface area contributed by atoms with Gasteiger partial charge in [0, 0.05) is 6.54 Å². The average Bonchev–Trinajstić information content (AvgIpc) is 2.77. The van der Waals surface area contributed by atoms with Crippen LogP contribution >= 0.6 is 0 Å². The minimum atomic E-state index is -0.112. The molecule has 4 heteroatoms. The summed E-state index contributed by atoms with van der Waals surface area (Å²) in [4.78, 5) is 12.6. The Morgan fingerprint density at radius 3 is 2.30 bits per heavy atom. The summed E-state index contributed by atoms with van der Waals surface area (Å²) in [6.07, 6.45) is 1.93. The van der Waals surface area contributed by atoms with Gasteiger partial charge in [0.25, 0.3) is 5.91 Å². The van der Waals surface area contributed by atoms with Crippen LogP contribution in [-0.2, 0) is 13.0 Å². The number of carbonyl (C=O) groups is 1. The van der Waals surface area contributed by atoms with Gasteiger partial charge in [0.15, 0.2) is 0 Å². The number of benzene rings is 3. The summed E-state index contributed by atoms with van der Waals surface area (Å²) in [6.45, 7) is 5.07. The molecule has 30 heavy (non-hydrogen) atoms. The van der Waals surface area contributed by atoms with Gasteiger partial charge in [-0.15, -0.1) is 0 Å². The molecule has 0 aromatic heterocycles. The van der Waals surface area contributed by atoms with Crippen LogP contribution in [0.1, 0.15) is 41.8 Å². The van der Waals surface area contributed by atoms with Gasteiger partial charge in [0.2, 0.25) is 0 Å². The third kappa shape index (κ3) is 6.66. The smallest absolute Gasteiger partial charge is 0.255 e. The average molecular weight is 404 g/mol. The molecule has 1 amide bonds. The van der Waals surface area contributed by atoms with Crippen molar-refractivity contribution < 1.29 is 14.3 Å². The maximum atomic E-state index is 12.6. The lowest BCUT2D eigenvalue weighted by Gasteiger charge is -2.12. The zero-order valence-corrected chi connectivity index (χ0v) is 17.6. The van der Waals surface area contributed by atoms with E-state index in [4.69, 9.17) is 9.47 Å².